The zero-order valence-corrected chi connectivity index (χ0v) is 32.3. The van der Waals surface area contributed by atoms with Crippen molar-refractivity contribution in [1.29, 1.82) is 0 Å². The third-order valence-corrected chi connectivity index (χ3v) is 10.0. The number of likely N-dealkylation sites (tertiary alicyclic amines) is 2. The van der Waals surface area contributed by atoms with E-state index in [1.807, 2.05) is 54.6 Å². The van der Waals surface area contributed by atoms with Crippen LogP contribution in [0.3, 0.4) is 0 Å². The van der Waals surface area contributed by atoms with Gasteiger partial charge in [-0.25, -0.2) is 19.9 Å². The van der Waals surface area contributed by atoms with Gasteiger partial charge >= 0.3 is 0 Å². The summed E-state index contributed by atoms with van der Waals surface area (Å²) < 4.78 is 12.0. The van der Waals surface area contributed by atoms with E-state index < -0.39 is 0 Å². The van der Waals surface area contributed by atoms with Crippen molar-refractivity contribution < 1.29 is 9.47 Å². The van der Waals surface area contributed by atoms with Crippen molar-refractivity contribution in [2.75, 3.05) is 57.1 Å². The highest BCUT2D eigenvalue weighted by Gasteiger charge is 2.19. The number of pyridine rings is 4. The predicted molar refractivity (Wildman–Crippen MR) is 230 cm³/mol. The number of fused-ring (bicyclic) bond motifs is 2. The highest BCUT2D eigenvalue weighted by Crippen LogP contribution is 2.24. The molecule has 2 aliphatic rings. The number of nitrogen functional groups attached to an aromatic ring is 2. The Bertz CT molecular complexity index is 2140. The van der Waals surface area contributed by atoms with E-state index in [0.717, 1.165) is 102 Å². The first kappa shape index (κ1) is 41.9. The zero-order chi connectivity index (χ0) is 38.6. The van der Waals surface area contributed by atoms with E-state index in [1.165, 1.54) is 0 Å². The van der Waals surface area contributed by atoms with Gasteiger partial charge in [0.2, 0.25) is 0 Å². The molecular weight excluding hydrogens is 724 g/mol. The molecular formula is C43H55ClN10O2. The number of benzene rings is 2. The van der Waals surface area contributed by atoms with Gasteiger partial charge in [-0.1, -0.05) is 43.3 Å². The number of nitrogens with one attached hydrogen (secondary N) is 1. The number of hydrogen-bond acceptors (Lipinski definition) is 12. The number of ether oxygens (including phenoxy) is 2. The monoisotopic (exact) mass is 778 g/mol. The molecule has 2 fully saturated rings. The van der Waals surface area contributed by atoms with E-state index in [2.05, 4.69) is 61.3 Å². The summed E-state index contributed by atoms with van der Waals surface area (Å²) in [7, 11) is 4.29. The molecule has 4 aromatic heterocycles. The number of piperidine rings is 2. The van der Waals surface area contributed by atoms with Crippen LogP contribution in [0.15, 0.2) is 97.6 Å². The SMILES string of the molecule is C.CN1CCC(Oc2ccnc(Cl)c2)CC1.CN1CCC(Oc2ccnc(NCc3ccc4c(N)nccc4c3)c2)CC1.NCc1ccc2c(N)nccc2c1. The lowest BCUT2D eigenvalue weighted by molar-refractivity contribution is 0.114. The Hall–Kier alpha value is -5.27. The number of rotatable bonds is 8. The van der Waals surface area contributed by atoms with Crippen molar-refractivity contribution >= 4 is 50.6 Å². The molecule has 296 valence electrons. The van der Waals surface area contributed by atoms with Gasteiger partial charge in [0.05, 0.1) is 0 Å². The van der Waals surface area contributed by atoms with Crippen LogP contribution < -0.4 is 32.0 Å². The van der Waals surface area contributed by atoms with Crippen LogP contribution in [0, 0.1) is 0 Å². The molecule has 6 aromatic rings. The highest BCUT2D eigenvalue weighted by molar-refractivity contribution is 6.29. The Morgan fingerprint density at radius 1 is 0.643 bits per heavy atom. The minimum atomic E-state index is 0. The van der Waals surface area contributed by atoms with Crippen LogP contribution in [-0.4, -0.2) is 82.2 Å². The van der Waals surface area contributed by atoms with Crippen molar-refractivity contribution in [2.24, 2.45) is 5.73 Å². The number of nitrogens with zero attached hydrogens (tertiary/aromatic N) is 6. The van der Waals surface area contributed by atoms with Crippen molar-refractivity contribution in [2.45, 2.75) is 58.4 Å². The van der Waals surface area contributed by atoms with E-state index >= 15 is 0 Å². The molecule has 0 atom stereocenters. The number of hydrogen-bond donors (Lipinski definition) is 4. The van der Waals surface area contributed by atoms with Gasteiger partial charge in [-0.05, 0) is 98.1 Å². The molecule has 12 nitrogen and oxygen atoms in total. The zero-order valence-electron chi connectivity index (χ0n) is 31.6. The van der Waals surface area contributed by atoms with Crippen LogP contribution >= 0.6 is 11.6 Å². The third kappa shape index (κ3) is 12.1. The molecule has 0 unspecified atom stereocenters. The molecule has 13 heteroatoms. The van der Waals surface area contributed by atoms with Crippen molar-refractivity contribution in [3.8, 4) is 11.5 Å². The summed E-state index contributed by atoms with van der Waals surface area (Å²) in [6.45, 7) is 5.61. The highest BCUT2D eigenvalue weighted by atomic mass is 35.5. The summed E-state index contributed by atoms with van der Waals surface area (Å²) in [6, 6.07) is 23.6. The van der Waals surface area contributed by atoms with Gasteiger partial charge in [-0.2, -0.15) is 0 Å². The Morgan fingerprint density at radius 2 is 1.12 bits per heavy atom. The van der Waals surface area contributed by atoms with Gasteiger partial charge in [-0.3, -0.25) is 0 Å². The van der Waals surface area contributed by atoms with E-state index in [-0.39, 0.29) is 13.5 Å². The van der Waals surface area contributed by atoms with Crippen molar-refractivity contribution in [3.05, 3.63) is 114 Å². The van der Waals surface area contributed by atoms with Crippen molar-refractivity contribution in [3.63, 3.8) is 0 Å². The molecule has 7 N–H and O–H groups in total. The second-order valence-electron chi connectivity index (χ2n) is 14.0. The predicted octanol–water partition coefficient (Wildman–Crippen LogP) is 7.42. The lowest BCUT2D eigenvalue weighted by Crippen LogP contribution is -2.35. The van der Waals surface area contributed by atoms with Gasteiger partial charge in [0.15, 0.2) is 0 Å². The maximum Gasteiger partial charge on any atom is 0.132 e. The first-order chi connectivity index (χ1) is 26.7. The average molecular weight is 779 g/mol. The van der Waals surface area contributed by atoms with Crippen LogP contribution in [0.4, 0.5) is 17.5 Å². The standard InChI is InChI=1S/C21H25N5O.C11H15ClN2O.C10H11N3.CH4/c1-26-10-6-17(7-11-26)27-18-5-9-23-20(13-18)25-14-15-2-3-19-16(12-15)4-8-24-21(19)22;1-14-6-3-9(4-7-14)15-10-2-5-13-11(12)8-10;11-6-7-1-2-9-8(5-7)3-4-13-10(9)12;/h2-5,8-9,12-13,17H,6-7,10-11,14H2,1H3,(H2,22,24)(H,23,25);2,5,8-9H,3-4,6-7H2,1H3;1-5H,6,11H2,(H2,12,13);1H4. The Labute approximate surface area is 335 Å². The number of anilines is 3. The normalized spacial score (nSPS) is 15.1. The molecule has 8 rings (SSSR count). The largest absolute Gasteiger partial charge is 0.490 e. The van der Waals surface area contributed by atoms with Crippen LogP contribution in [0.2, 0.25) is 5.15 Å². The molecule has 2 aliphatic heterocycles. The summed E-state index contributed by atoms with van der Waals surface area (Å²) in [5.74, 6) is 3.65. The second kappa shape index (κ2) is 20.6. The van der Waals surface area contributed by atoms with E-state index in [1.54, 1.807) is 30.9 Å². The fourth-order valence-corrected chi connectivity index (χ4v) is 6.72. The minimum Gasteiger partial charge on any atom is -0.490 e. The van der Waals surface area contributed by atoms with Gasteiger partial charge in [0.25, 0.3) is 0 Å². The number of halogens is 1. The lowest BCUT2D eigenvalue weighted by atomic mass is 10.1. The third-order valence-electron chi connectivity index (χ3n) is 9.79. The maximum atomic E-state index is 6.14. The Kier molecular flexibility index (Phi) is 15.4. The van der Waals surface area contributed by atoms with Crippen LogP contribution in [0.25, 0.3) is 21.5 Å². The van der Waals surface area contributed by atoms with Crippen LogP contribution in [0.1, 0.15) is 44.2 Å². The Morgan fingerprint density at radius 3 is 1.66 bits per heavy atom. The van der Waals surface area contributed by atoms with E-state index in [0.29, 0.717) is 36.0 Å². The fourth-order valence-electron chi connectivity index (χ4n) is 6.56. The molecule has 0 amide bonds. The lowest BCUT2D eigenvalue weighted by Gasteiger charge is -2.29. The summed E-state index contributed by atoms with van der Waals surface area (Å²) in [6.07, 6.45) is 11.8. The fraction of sp³-hybridized carbons (Fsp3) is 0.349. The summed E-state index contributed by atoms with van der Waals surface area (Å²) >= 11 is 5.79. The molecule has 56 heavy (non-hydrogen) atoms. The smallest absolute Gasteiger partial charge is 0.132 e. The molecule has 0 aliphatic carbocycles. The van der Waals surface area contributed by atoms with Gasteiger partial charge in [-0.15, -0.1) is 0 Å². The molecule has 0 spiro atoms. The molecule has 0 radical (unpaired) electrons. The van der Waals surface area contributed by atoms with Crippen LogP contribution in [0.5, 0.6) is 11.5 Å². The first-order valence-electron chi connectivity index (χ1n) is 18.7. The minimum absolute atomic E-state index is 0. The topological polar surface area (TPSA) is 167 Å². The molecule has 0 bridgehead atoms. The van der Waals surface area contributed by atoms with Gasteiger partial charge in [0, 0.05) is 87.0 Å². The molecule has 0 saturated carbocycles. The summed E-state index contributed by atoms with van der Waals surface area (Å²) in [5.41, 5.74) is 19.4. The molecule has 2 aromatic carbocycles. The second-order valence-corrected chi connectivity index (χ2v) is 14.4. The average Bonchev–Trinajstić information content (AvgIpc) is 3.20. The molecule has 2 saturated heterocycles. The first-order valence-corrected chi connectivity index (χ1v) is 19.1. The summed E-state index contributed by atoms with van der Waals surface area (Å²) in [5, 5.41) is 8.02. The number of nitrogens with two attached hydrogens (primary N) is 3. The maximum absolute atomic E-state index is 6.14. The Balaban J connectivity index is 0.000000175. The van der Waals surface area contributed by atoms with Gasteiger partial charge < -0.3 is 41.8 Å². The molecule has 6 heterocycles. The van der Waals surface area contributed by atoms with Crippen molar-refractivity contribution in [1.82, 2.24) is 29.7 Å². The van der Waals surface area contributed by atoms with Gasteiger partial charge in [0.1, 0.15) is 46.3 Å². The van der Waals surface area contributed by atoms with E-state index in [9.17, 15) is 0 Å². The number of aromatic nitrogens is 4. The quantitative estimate of drug-likeness (QED) is 0.113. The van der Waals surface area contributed by atoms with E-state index in [4.69, 9.17) is 38.3 Å². The summed E-state index contributed by atoms with van der Waals surface area (Å²) in [4.78, 5) is 21.1. The van der Waals surface area contributed by atoms with Crippen LogP contribution in [-0.2, 0) is 13.1 Å².